The van der Waals surface area contributed by atoms with Crippen LogP contribution in [0.4, 0.5) is 17.6 Å². The Hall–Kier alpha value is -2.24. The van der Waals surface area contributed by atoms with Crippen LogP contribution < -0.4 is 15.4 Å². The van der Waals surface area contributed by atoms with Crippen molar-refractivity contribution in [2.24, 2.45) is 4.99 Å². The number of benzene rings is 2. The minimum atomic E-state index is -4.38. The number of alkyl halides is 3. The van der Waals surface area contributed by atoms with E-state index in [2.05, 4.69) is 20.4 Å². The first-order valence-electron chi connectivity index (χ1n) is 8.55. The molecule has 0 fully saturated rings. The van der Waals surface area contributed by atoms with E-state index in [1.54, 1.807) is 18.2 Å². The molecule has 0 aliphatic carbocycles. The molecule has 0 unspecified atom stereocenters. The largest absolute Gasteiger partial charge is 0.505 e. The van der Waals surface area contributed by atoms with Crippen molar-refractivity contribution in [3.63, 3.8) is 0 Å². The number of ether oxygens (including phenoxy) is 1. The summed E-state index contributed by atoms with van der Waals surface area (Å²) in [5.74, 6) is -0.497. The number of guanidine groups is 1. The van der Waals surface area contributed by atoms with Crippen LogP contribution in [0.1, 0.15) is 18.1 Å². The average molecular weight is 527 g/mol. The van der Waals surface area contributed by atoms with Gasteiger partial charge in [0.25, 0.3) is 0 Å². The summed E-state index contributed by atoms with van der Waals surface area (Å²) in [6.45, 7) is 1.76. The first-order valence-corrected chi connectivity index (χ1v) is 8.55. The van der Waals surface area contributed by atoms with Crippen molar-refractivity contribution < 1.29 is 27.4 Å². The van der Waals surface area contributed by atoms with E-state index in [0.717, 1.165) is 5.56 Å². The molecule has 10 heteroatoms. The summed E-state index contributed by atoms with van der Waals surface area (Å²) in [5, 5.41) is 15.3. The predicted octanol–water partition coefficient (Wildman–Crippen LogP) is 4.35. The standard InChI is InChI=1S/C19H21F4N3O2.HI/c1-2-24-18(26-11-14-5-8-17(27)16(20)9-14)25-10-13-3-6-15(7-4-13)28-12-19(21,22)23;/h3-9,27H,2,10-12H2,1H3,(H2,24,25,26);1H. The second kappa shape index (κ2) is 11.7. The van der Waals surface area contributed by atoms with Gasteiger partial charge >= 0.3 is 6.18 Å². The number of phenols is 1. The van der Waals surface area contributed by atoms with Gasteiger partial charge in [0, 0.05) is 13.1 Å². The lowest BCUT2D eigenvalue weighted by molar-refractivity contribution is -0.153. The Morgan fingerprint density at radius 1 is 1.07 bits per heavy atom. The molecular formula is C19H22F4IN3O2. The highest BCUT2D eigenvalue weighted by molar-refractivity contribution is 14.0. The number of hydrogen-bond donors (Lipinski definition) is 3. The molecule has 0 amide bonds. The molecule has 0 saturated heterocycles. The Morgan fingerprint density at radius 3 is 2.31 bits per heavy atom. The number of rotatable bonds is 7. The molecule has 0 radical (unpaired) electrons. The third-order valence-corrected chi connectivity index (χ3v) is 3.56. The highest BCUT2D eigenvalue weighted by Crippen LogP contribution is 2.19. The highest BCUT2D eigenvalue weighted by Gasteiger charge is 2.28. The van der Waals surface area contributed by atoms with Crippen molar-refractivity contribution in [3.8, 4) is 11.5 Å². The summed E-state index contributed by atoms with van der Waals surface area (Å²) in [5.41, 5.74) is 1.42. The van der Waals surface area contributed by atoms with Crippen molar-refractivity contribution in [2.45, 2.75) is 26.2 Å². The number of aliphatic imine (C=N–C) groups is 1. The lowest BCUT2D eigenvalue weighted by atomic mass is 10.2. The fourth-order valence-corrected chi connectivity index (χ4v) is 2.22. The summed E-state index contributed by atoms with van der Waals surface area (Å²) < 4.78 is 54.5. The van der Waals surface area contributed by atoms with Crippen molar-refractivity contribution >= 4 is 29.9 Å². The molecule has 0 aliphatic rings. The van der Waals surface area contributed by atoms with E-state index < -0.39 is 24.3 Å². The maximum Gasteiger partial charge on any atom is 0.422 e. The van der Waals surface area contributed by atoms with E-state index >= 15 is 0 Å². The van der Waals surface area contributed by atoms with Crippen LogP contribution in [0.2, 0.25) is 0 Å². The van der Waals surface area contributed by atoms with Gasteiger partial charge < -0.3 is 20.5 Å². The molecule has 160 valence electrons. The van der Waals surface area contributed by atoms with Gasteiger partial charge in [-0.2, -0.15) is 13.2 Å². The lowest BCUT2D eigenvalue weighted by Gasteiger charge is -2.12. The molecule has 2 aromatic rings. The molecule has 0 aromatic heterocycles. The SMILES string of the molecule is CCNC(=NCc1ccc(O)c(F)c1)NCc1ccc(OCC(F)(F)F)cc1.I. The van der Waals surface area contributed by atoms with Gasteiger partial charge in [-0.05, 0) is 42.3 Å². The topological polar surface area (TPSA) is 65.9 Å². The number of hydrogen-bond acceptors (Lipinski definition) is 3. The first-order chi connectivity index (χ1) is 13.3. The molecule has 0 bridgehead atoms. The number of phenolic OH excluding ortho intramolecular Hbond substituents is 1. The van der Waals surface area contributed by atoms with Crippen LogP contribution in [-0.4, -0.2) is 30.4 Å². The van der Waals surface area contributed by atoms with E-state index in [1.165, 1.54) is 24.3 Å². The van der Waals surface area contributed by atoms with E-state index in [0.29, 0.717) is 24.6 Å². The van der Waals surface area contributed by atoms with Crippen LogP contribution in [0.25, 0.3) is 0 Å². The van der Waals surface area contributed by atoms with Gasteiger partial charge in [-0.3, -0.25) is 0 Å². The number of halogens is 5. The highest BCUT2D eigenvalue weighted by atomic mass is 127. The van der Waals surface area contributed by atoms with Gasteiger partial charge in [0.05, 0.1) is 6.54 Å². The zero-order valence-electron chi connectivity index (χ0n) is 15.6. The average Bonchev–Trinajstić information content (AvgIpc) is 2.65. The zero-order chi connectivity index (χ0) is 20.6. The number of aromatic hydroxyl groups is 1. The third-order valence-electron chi connectivity index (χ3n) is 3.56. The maximum atomic E-state index is 13.4. The lowest BCUT2D eigenvalue weighted by Crippen LogP contribution is -2.36. The van der Waals surface area contributed by atoms with Crippen LogP contribution in [0.3, 0.4) is 0 Å². The van der Waals surface area contributed by atoms with Gasteiger partial charge in [-0.25, -0.2) is 9.38 Å². The van der Waals surface area contributed by atoms with E-state index in [4.69, 9.17) is 0 Å². The zero-order valence-corrected chi connectivity index (χ0v) is 17.9. The molecule has 0 aliphatic heterocycles. The van der Waals surface area contributed by atoms with Crippen molar-refractivity contribution in [3.05, 3.63) is 59.4 Å². The summed E-state index contributed by atoms with van der Waals surface area (Å²) in [6.07, 6.45) is -4.38. The summed E-state index contributed by atoms with van der Waals surface area (Å²) in [7, 11) is 0. The molecule has 0 heterocycles. The Bertz CT molecular complexity index is 799. The van der Waals surface area contributed by atoms with Crippen molar-refractivity contribution in [1.82, 2.24) is 10.6 Å². The van der Waals surface area contributed by atoms with E-state index in [9.17, 15) is 22.7 Å². The molecule has 2 aromatic carbocycles. The monoisotopic (exact) mass is 527 g/mol. The summed E-state index contributed by atoms with van der Waals surface area (Å²) in [6, 6.07) is 10.3. The van der Waals surface area contributed by atoms with Gasteiger partial charge in [0.15, 0.2) is 24.1 Å². The number of nitrogens with one attached hydrogen (secondary N) is 2. The third kappa shape index (κ3) is 9.20. The second-order valence-corrected chi connectivity index (χ2v) is 5.88. The smallest absolute Gasteiger partial charge is 0.422 e. The molecule has 0 atom stereocenters. The Morgan fingerprint density at radius 2 is 1.72 bits per heavy atom. The molecular weight excluding hydrogens is 505 g/mol. The Kier molecular flexibility index (Phi) is 9.99. The molecule has 0 spiro atoms. The van der Waals surface area contributed by atoms with Crippen molar-refractivity contribution in [2.75, 3.05) is 13.2 Å². The molecule has 5 nitrogen and oxygen atoms in total. The van der Waals surface area contributed by atoms with Gasteiger partial charge in [-0.1, -0.05) is 18.2 Å². The second-order valence-electron chi connectivity index (χ2n) is 5.88. The van der Waals surface area contributed by atoms with E-state index in [1.807, 2.05) is 6.92 Å². The van der Waals surface area contributed by atoms with Crippen LogP contribution >= 0.6 is 24.0 Å². The summed E-state index contributed by atoms with van der Waals surface area (Å²) >= 11 is 0. The fourth-order valence-electron chi connectivity index (χ4n) is 2.22. The van der Waals surface area contributed by atoms with Crippen LogP contribution in [0.5, 0.6) is 11.5 Å². The van der Waals surface area contributed by atoms with E-state index in [-0.39, 0.29) is 36.3 Å². The van der Waals surface area contributed by atoms with Crippen LogP contribution in [0.15, 0.2) is 47.5 Å². The van der Waals surface area contributed by atoms with Gasteiger partial charge in [-0.15, -0.1) is 24.0 Å². The molecule has 29 heavy (non-hydrogen) atoms. The minimum absolute atomic E-state index is 0. The normalized spacial score (nSPS) is 11.6. The predicted molar refractivity (Wildman–Crippen MR) is 113 cm³/mol. The van der Waals surface area contributed by atoms with Gasteiger partial charge in [0.2, 0.25) is 0 Å². The van der Waals surface area contributed by atoms with Crippen LogP contribution in [-0.2, 0) is 13.1 Å². The Labute approximate surface area is 183 Å². The van der Waals surface area contributed by atoms with Gasteiger partial charge in [0.1, 0.15) is 5.75 Å². The molecule has 0 saturated carbocycles. The van der Waals surface area contributed by atoms with Crippen molar-refractivity contribution in [1.29, 1.82) is 0 Å². The maximum absolute atomic E-state index is 13.4. The van der Waals surface area contributed by atoms with Crippen LogP contribution in [0, 0.1) is 5.82 Å². The number of nitrogens with zero attached hydrogens (tertiary/aromatic N) is 1. The quantitative estimate of drug-likeness (QED) is 0.217. The summed E-state index contributed by atoms with van der Waals surface area (Å²) in [4.78, 5) is 4.34. The molecule has 3 N–H and O–H groups in total. The first kappa shape index (κ1) is 24.8. The molecule has 2 rings (SSSR count). The minimum Gasteiger partial charge on any atom is -0.505 e. The Balaban J connectivity index is 0.00000420. The fraction of sp³-hybridized carbons (Fsp3) is 0.316.